The second-order valence-corrected chi connectivity index (χ2v) is 5.34. The average Bonchev–Trinajstić information content (AvgIpc) is 2.50. The number of rotatable bonds is 4. The Bertz CT molecular complexity index is 936. The maximum Gasteiger partial charge on any atom is 0.337 e. The van der Waals surface area contributed by atoms with Crippen molar-refractivity contribution in [2.24, 2.45) is 0 Å². The van der Waals surface area contributed by atoms with Gasteiger partial charge >= 0.3 is 5.97 Å². The third-order valence-corrected chi connectivity index (χ3v) is 3.60. The maximum atomic E-state index is 11.3. The van der Waals surface area contributed by atoms with Gasteiger partial charge in [0.25, 0.3) is 0 Å². The minimum absolute atomic E-state index is 0.00596. The van der Waals surface area contributed by atoms with Gasteiger partial charge in [-0.25, -0.2) is 14.8 Å². The van der Waals surface area contributed by atoms with Gasteiger partial charge in [0.15, 0.2) is 0 Å². The SMILES string of the molecule is CC(=O)CC(O)c1cccc2nc3c(C(=O)O)cccc3nc12. The van der Waals surface area contributed by atoms with E-state index in [4.69, 9.17) is 0 Å². The van der Waals surface area contributed by atoms with Gasteiger partial charge in [0.2, 0.25) is 0 Å². The zero-order valence-electron chi connectivity index (χ0n) is 12.4. The highest BCUT2D eigenvalue weighted by Crippen LogP contribution is 2.27. The highest BCUT2D eigenvalue weighted by Gasteiger charge is 2.17. The Kier molecular flexibility index (Phi) is 3.75. The number of para-hydroxylation sites is 2. The van der Waals surface area contributed by atoms with Gasteiger partial charge in [-0.05, 0) is 25.1 Å². The van der Waals surface area contributed by atoms with E-state index in [2.05, 4.69) is 9.97 Å². The van der Waals surface area contributed by atoms with E-state index in [1.807, 2.05) is 0 Å². The Labute approximate surface area is 131 Å². The van der Waals surface area contributed by atoms with Crippen molar-refractivity contribution in [2.75, 3.05) is 0 Å². The molecule has 0 saturated heterocycles. The molecule has 6 heteroatoms. The number of carboxylic acids is 1. The van der Waals surface area contributed by atoms with Crippen LogP contribution < -0.4 is 0 Å². The van der Waals surface area contributed by atoms with E-state index in [1.54, 1.807) is 30.3 Å². The predicted molar refractivity (Wildman–Crippen MR) is 84.3 cm³/mol. The number of aliphatic hydroxyl groups is 1. The molecule has 0 radical (unpaired) electrons. The quantitative estimate of drug-likeness (QED) is 0.718. The largest absolute Gasteiger partial charge is 0.478 e. The van der Waals surface area contributed by atoms with Gasteiger partial charge in [0, 0.05) is 12.0 Å². The summed E-state index contributed by atoms with van der Waals surface area (Å²) in [7, 11) is 0. The number of ketones is 1. The zero-order chi connectivity index (χ0) is 16.6. The molecule has 0 saturated carbocycles. The predicted octanol–water partition coefficient (Wildman–Crippen LogP) is 2.49. The van der Waals surface area contributed by atoms with Crippen LogP contribution in [0, 0.1) is 0 Å². The number of aromatic nitrogens is 2. The van der Waals surface area contributed by atoms with Crippen molar-refractivity contribution in [2.45, 2.75) is 19.4 Å². The lowest BCUT2D eigenvalue weighted by Crippen LogP contribution is -2.06. The zero-order valence-corrected chi connectivity index (χ0v) is 12.4. The van der Waals surface area contributed by atoms with Gasteiger partial charge in [-0.1, -0.05) is 18.2 Å². The monoisotopic (exact) mass is 310 g/mol. The summed E-state index contributed by atoms with van der Waals surface area (Å²) in [6, 6.07) is 9.83. The number of hydrogen-bond donors (Lipinski definition) is 2. The third-order valence-electron chi connectivity index (χ3n) is 3.60. The summed E-state index contributed by atoms with van der Waals surface area (Å²) >= 11 is 0. The first kappa shape index (κ1) is 15.1. The Morgan fingerprint density at radius 2 is 1.65 bits per heavy atom. The second kappa shape index (κ2) is 5.73. The molecule has 1 aromatic heterocycles. The number of carbonyl (C=O) groups excluding carboxylic acids is 1. The van der Waals surface area contributed by atoms with Crippen LogP contribution in [0.2, 0.25) is 0 Å². The van der Waals surface area contributed by atoms with Gasteiger partial charge in [0.1, 0.15) is 11.3 Å². The van der Waals surface area contributed by atoms with Crippen molar-refractivity contribution in [3.8, 4) is 0 Å². The molecule has 2 aromatic carbocycles. The molecule has 0 bridgehead atoms. The Morgan fingerprint density at radius 1 is 1.04 bits per heavy atom. The van der Waals surface area contributed by atoms with Crippen LogP contribution in [0.25, 0.3) is 22.1 Å². The lowest BCUT2D eigenvalue weighted by molar-refractivity contribution is -0.118. The molecule has 3 aromatic rings. The maximum absolute atomic E-state index is 11.3. The molecular formula is C17H14N2O4. The average molecular weight is 310 g/mol. The molecule has 2 N–H and O–H groups in total. The number of hydrogen-bond acceptors (Lipinski definition) is 5. The number of Topliss-reactive ketones (excluding diaryl/α,β-unsaturated/α-hetero) is 1. The molecule has 6 nitrogen and oxygen atoms in total. The third kappa shape index (κ3) is 2.76. The van der Waals surface area contributed by atoms with Gasteiger partial charge in [0.05, 0.1) is 28.2 Å². The molecule has 0 fully saturated rings. The molecule has 0 aliphatic carbocycles. The summed E-state index contributed by atoms with van der Waals surface area (Å²) in [5.41, 5.74) is 2.26. The van der Waals surface area contributed by atoms with Crippen LogP contribution in [-0.4, -0.2) is 31.9 Å². The number of carbonyl (C=O) groups is 2. The Balaban J connectivity index is 2.27. The summed E-state index contributed by atoms with van der Waals surface area (Å²) < 4.78 is 0. The molecule has 0 aliphatic heterocycles. The van der Waals surface area contributed by atoms with Crippen molar-refractivity contribution in [3.63, 3.8) is 0 Å². The highest BCUT2D eigenvalue weighted by molar-refractivity contribution is 6.02. The lowest BCUT2D eigenvalue weighted by atomic mass is 10.0. The van der Waals surface area contributed by atoms with Crippen LogP contribution in [0.5, 0.6) is 0 Å². The fourth-order valence-corrected chi connectivity index (χ4v) is 2.56. The first-order chi connectivity index (χ1) is 11.0. The smallest absolute Gasteiger partial charge is 0.337 e. The van der Waals surface area contributed by atoms with Gasteiger partial charge in [-0.3, -0.25) is 4.79 Å². The fourth-order valence-electron chi connectivity index (χ4n) is 2.56. The molecule has 0 amide bonds. The number of aromatic carboxylic acids is 1. The number of aliphatic hydroxyl groups excluding tert-OH is 1. The molecule has 23 heavy (non-hydrogen) atoms. The van der Waals surface area contributed by atoms with Crippen LogP contribution in [0.4, 0.5) is 0 Å². The van der Waals surface area contributed by atoms with Crippen LogP contribution >= 0.6 is 0 Å². The summed E-state index contributed by atoms with van der Waals surface area (Å²) in [5, 5.41) is 19.5. The highest BCUT2D eigenvalue weighted by atomic mass is 16.4. The Hall–Kier alpha value is -2.86. The van der Waals surface area contributed by atoms with Crippen molar-refractivity contribution in [3.05, 3.63) is 47.5 Å². The molecule has 116 valence electrons. The van der Waals surface area contributed by atoms with Crippen LogP contribution in [0.1, 0.15) is 35.4 Å². The van der Waals surface area contributed by atoms with Crippen molar-refractivity contribution in [1.29, 1.82) is 0 Å². The summed E-state index contributed by atoms with van der Waals surface area (Å²) in [6.07, 6.45) is -0.973. The normalized spacial score (nSPS) is 12.4. The van der Waals surface area contributed by atoms with E-state index in [1.165, 1.54) is 13.0 Å². The molecule has 1 unspecified atom stereocenters. The van der Waals surface area contributed by atoms with Gasteiger partial charge in [-0.15, -0.1) is 0 Å². The fraction of sp³-hybridized carbons (Fsp3) is 0.176. The standard InChI is InChI=1S/C17H14N2O4/c1-9(20)8-14(21)10-4-2-6-12-15(10)18-13-7-3-5-11(17(22)23)16(13)19-12/h2-7,14,21H,8H2,1H3,(H,22,23). The van der Waals surface area contributed by atoms with Crippen LogP contribution in [0.15, 0.2) is 36.4 Å². The number of fused-ring (bicyclic) bond motifs is 2. The van der Waals surface area contributed by atoms with Crippen molar-refractivity contribution < 1.29 is 19.8 Å². The van der Waals surface area contributed by atoms with E-state index in [0.29, 0.717) is 27.6 Å². The molecule has 0 spiro atoms. The first-order valence-corrected chi connectivity index (χ1v) is 7.07. The minimum Gasteiger partial charge on any atom is -0.478 e. The Morgan fingerprint density at radius 3 is 2.30 bits per heavy atom. The molecule has 1 atom stereocenters. The summed E-state index contributed by atoms with van der Waals surface area (Å²) in [5.74, 6) is -1.20. The van der Waals surface area contributed by atoms with Crippen LogP contribution in [0.3, 0.4) is 0 Å². The molecular weight excluding hydrogens is 296 g/mol. The first-order valence-electron chi connectivity index (χ1n) is 7.07. The number of carboxylic acid groups (broad SMARTS) is 1. The van der Waals surface area contributed by atoms with E-state index in [9.17, 15) is 19.8 Å². The summed E-state index contributed by atoms with van der Waals surface area (Å²) in [6.45, 7) is 1.41. The topological polar surface area (TPSA) is 100 Å². The molecule has 3 rings (SSSR count). The molecule has 0 aliphatic rings. The van der Waals surface area contributed by atoms with E-state index in [0.717, 1.165) is 0 Å². The van der Waals surface area contributed by atoms with Crippen LogP contribution in [-0.2, 0) is 4.79 Å². The second-order valence-electron chi connectivity index (χ2n) is 5.34. The number of nitrogens with zero attached hydrogens (tertiary/aromatic N) is 2. The van der Waals surface area contributed by atoms with Gasteiger partial charge in [-0.2, -0.15) is 0 Å². The molecule has 1 heterocycles. The van der Waals surface area contributed by atoms with Gasteiger partial charge < -0.3 is 10.2 Å². The van der Waals surface area contributed by atoms with Crippen molar-refractivity contribution >= 4 is 33.8 Å². The van der Waals surface area contributed by atoms with E-state index >= 15 is 0 Å². The minimum atomic E-state index is -1.07. The van der Waals surface area contributed by atoms with E-state index < -0.39 is 12.1 Å². The lowest BCUT2D eigenvalue weighted by Gasteiger charge is -2.12. The van der Waals surface area contributed by atoms with E-state index in [-0.39, 0.29) is 17.8 Å². The number of benzene rings is 2. The summed E-state index contributed by atoms with van der Waals surface area (Å²) in [4.78, 5) is 31.4. The van der Waals surface area contributed by atoms with Crippen molar-refractivity contribution in [1.82, 2.24) is 9.97 Å².